The molecular weight excluding hydrogens is 282 g/mol. The Hall–Kier alpha value is -1.10. The van der Waals surface area contributed by atoms with Gasteiger partial charge in [0.25, 0.3) is 0 Å². The minimum absolute atomic E-state index is 0.242. The Balaban J connectivity index is 4.14. The van der Waals surface area contributed by atoms with Crippen molar-refractivity contribution >= 4 is 11.9 Å². The molecular formula is C17H33NO4. The van der Waals surface area contributed by atoms with Crippen LogP contribution in [-0.2, 0) is 14.3 Å². The molecule has 5 nitrogen and oxygen atoms in total. The van der Waals surface area contributed by atoms with E-state index in [9.17, 15) is 14.7 Å². The van der Waals surface area contributed by atoms with Crippen molar-refractivity contribution in [3.8, 4) is 0 Å². The van der Waals surface area contributed by atoms with Gasteiger partial charge >= 0.3 is 5.97 Å². The summed E-state index contributed by atoms with van der Waals surface area (Å²) < 4.78 is 5.87. The maximum absolute atomic E-state index is 11.9. The van der Waals surface area contributed by atoms with E-state index in [0.717, 1.165) is 12.8 Å². The summed E-state index contributed by atoms with van der Waals surface area (Å²) in [5.41, 5.74) is 0. The second kappa shape index (κ2) is 10.6. The van der Waals surface area contributed by atoms with E-state index in [1.807, 2.05) is 21.1 Å². The number of rotatable bonds is 12. The molecule has 0 saturated carbocycles. The van der Waals surface area contributed by atoms with Crippen LogP contribution in [0.25, 0.3) is 0 Å². The van der Waals surface area contributed by atoms with Gasteiger partial charge in [0.15, 0.2) is 6.10 Å². The fourth-order valence-corrected chi connectivity index (χ4v) is 2.48. The summed E-state index contributed by atoms with van der Waals surface area (Å²) in [5, 5.41) is 10.8. The normalized spacial score (nSPS) is 14.4. The highest BCUT2D eigenvalue weighted by atomic mass is 16.5. The molecule has 0 aliphatic rings. The highest BCUT2D eigenvalue weighted by molar-refractivity contribution is 5.70. The van der Waals surface area contributed by atoms with E-state index in [1.165, 1.54) is 19.3 Å². The number of esters is 1. The van der Waals surface area contributed by atoms with Crippen LogP contribution in [-0.4, -0.2) is 50.2 Å². The Morgan fingerprint density at radius 2 is 1.73 bits per heavy atom. The lowest BCUT2D eigenvalue weighted by Gasteiger charge is -2.29. The maximum atomic E-state index is 11.9. The van der Waals surface area contributed by atoms with Crippen LogP contribution in [0.1, 0.15) is 58.8 Å². The number of unbranched alkanes of at least 4 members (excludes halogenated alkanes) is 1. The third-order valence-corrected chi connectivity index (χ3v) is 3.57. The molecule has 0 bridgehead atoms. The monoisotopic (exact) mass is 315 g/mol. The number of nitrogens with zero attached hydrogens (tertiary/aromatic N) is 1. The number of carboxylic acids is 1. The SMILES string of the molecule is CCCCC(C)CCCC(=O)OC(CC(=O)[O-])C[N+](C)(C)C. The Labute approximate surface area is 135 Å². The largest absolute Gasteiger partial charge is 0.550 e. The first-order valence-electron chi connectivity index (χ1n) is 8.33. The van der Waals surface area contributed by atoms with E-state index in [0.29, 0.717) is 23.4 Å². The third-order valence-electron chi connectivity index (χ3n) is 3.57. The molecule has 0 radical (unpaired) electrons. The van der Waals surface area contributed by atoms with Crippen LogP contribution < -0.4 is 5.11 Å². The van der Waals surface area contributed by atoms with E-state index in [1.54, 1.807) is 0 Å². The molecule has 0 aromatic carbocycles. The summed E-state index contributed by atoms with van der Waals surface area (Å²) in [7, 11) is 5.81. The lowest BCUT2D eigenvalue weighted by Crippen LogP contribution is -2.45. The lowest BCUT2D eigenvalue weighted by atomic mass is 9.98. The van der Waals surface area contributed by atoms with Crippen LogP contribution in [0.15, 0.2) is 0 Å². The van der Waals surface area contributed by atoms with Crippen molar-refractivity contribution in [2.45, 2.75) is 64.9 Å². The summed E-state index contributed by atoms with van der Waals surface area (Å²) in [6, 6.07) is 0. The van der Waals surface area contributed by atoms with Gasteiger partial charge in [-0.05, 0) is 12.3 Å². The zero-order chi connectivity index (χ0) is 17.2. The molecule has 0 aromatic rings. The minimum atomic E-state index is -1.18. The van der Waals surface area contributed by atoms with Gasteiger partial charge in [-0.2, -0.15) is 0 Å². The maximum Gasteiger partial charge on any atom is 0.306 e. The van der Waals surface area contributed by atoms with Crippen molar-refractivity contribution in [2.75, 3.05) is 27.7 Å². The number of carboxylic acid groups (broad SMARTS) is 1. The first-order valence-corrected chi connectivity index (χ1v) is 8.33. The number of aliphatic carboxylic acids is 1. The van der Waals surface area contributed by atoms with Crippen LogP contribution in [0.3, 0.4) is 0 Å². The van der Waals surface area contributed by atoms with Gasteiger partial charge in [0, 0.05) is 18.8 Å². The van der Waals surface area contributed by atoms with Gasteiger partial charge in [0.05, 0.1) is 21.1 Å². The molecule has 0 saturated heterocycles. The van der Waals surface area contributed by atoms with Gasteiger partial charge in [-0.3, -0.25) is 4.79 Å². The van der Waals surface area contributed by atoms with E-state index in [4.69, 9.17) is 4.74 Å². The van der Waals surface area contributed by atoms with Crippen molar-refractivity contribution in [3.63, 3.8) is 0 Å². The van der Waals surface area contributed by atoms with Gasteiger partial charge in [0.2, 0.25) is 0 Å². The average Bonchev–Trinajstić information content (AvgIpc) is 2.33. The summed E-state index contributed by atoms with van der Waals surface area (Å²) in [5.74, 6) is -0.861. The quantitative estimate of drug-likeness (QED) is 0.406. The third kappa shape index (κ3) is 12.6. The standard InChI is InChI=1S/C17H33NO4/c1-6-7-9-14(2)10-8-11-17(21)22-15(12-16(19)20)13-18(3,4)5/h14-15H,6-13H2,1-5H3. The Bertz CT molecular complexity index is 336. The molecule has 0 fully saturated rings. The molecule has 0 aliphatic carbocycles. The van der Waals surface area contributed by atoms with Crippen molar-refractivity contribution in [2.24, 2.45) is 5.92 Å². The van der Waals surface area contributed by atoms with Crippen molar-refractivity contribution < 1.29 is 23.9 Å². The van der Waals surface area contributed by atoms with Gasteiger partial charge in [0.1, 0.15) is 6.54 Å². The summed E-state index contributed by atoms with van der Waals surface area (Å²) in [6.07, 6.45) is 4.92. The second-order valence-electron chi connectivity index (χ2n) is 7.30. The molecule has 2 atom stereocenters. The number of likely N-dealkylation sites (N-methyl/N-ethyl adjacent to an activating group) is 1. The first kappa shape index (κ1) is 20.9. The highest BCUT2D eigenvalue weighted by Crippen LogP contribution is 2.16. The topological polar surface area (TPSA) is 66.4 Å². The summed E-state index contributed by atoms with van der Waals surface area (Å²) in [4.78, 5) is 22.6. The molecule has 5 heteroatoms. The van der Waals surface area contributed by atoms with E-state index >= 15 is 0 Å². The number of ether oxygens (including phenoxy) is 1. The number of quaternary nitrogens is 1. The number of hydrogen-bond donors (Lipinski definition) is 0. The van der Waals surface area contributed by atoms with E-state index in [-0.39, 0.29) is 12.4 Å². The van der Waals surface area contributed by atoms with Gasteiger partial charge < -0.3 is 19.1 Å². The van der Waals surface area contributed by atoms with Gasteiger partial charge in [-0.15, -0.1) is 0 Å². The molecule has 0 heterocycles. The molecule has 0 aliphatic heterocycles. The molecule has 130 valence electrons. The zero-order valence-electron chi connectivity index (χ0n) is 14.9. The molecule has 0 aromatic heterocycles. The Morgan fingerprint density at radius 3 is 2.23 bits per heavy atom. The van der Waals surface area contributed by atoms with Crippen LogP contribution in [0.2, 0.25) is 0 Å². The molecule has 0 amide bonds. The molecule has 0 N–H and O–H groups in total. The lowest BCUT2D eigenvalue weighted by molar-refractivity contribution is -0.873. The average molecular weight is 315 g/mol. The van der Waals surface area contributed by atoms with E-state index in [2.05, 4.69) is 13.8 Å². The predicted molar refractivity (Wildman–Crippen MR) is 84.9 cm³/mol. The van der Waals surface area contributed by atoms with Crippen LogP contribution in [0.4, 0.5) is 0 Å². The van der Waals surface area contributed by atoms with Crippen LogP contribution in [0.5, 0.6) is 0 Å². The van der Waals surface area contributed by atoms with Crippen molar-refractivity contribution in [3.05, 3.63) is 0 Å². The second-order valence-corrected chi connectivity index (χ2v) is 7.30. The fourth-order valence-electron chi connectivity index (χ4n) is 2.48. The predicted octanol–water partition coefficient (Wildman–Crippen LogP) is 1.74. The smallest absolute Gasteiger partial charge is 0.306 e. The van der Waals surface area contributed by atoms with Crippen molar-refractivity contribution in [1.29, 1.82) is 0 Å². The Kier molecular flexibility index (Phi) is 10.1. The summed E-state index contributed by atoms with van der Waals surface area (Å²) >= 11 is 0. The Morgan fingerprint density at radius 1 is 1.14 bits per heavy atom. The van der Waals surface area contributed by atoms with Crippen LogP contribution >= 0.6 is 0 Å². The summed E-state index contributed by atoms with van der Waals surface area (Å²) in [6.45, 7) is 4.85. The molecule has 0 rings (SSSR count). The molecule has 22 heavy (non-hydrogen) atoms. The van der Waals surface area contributed by atoms with E-state index < -0.39 is 12.1 Å². The number of carbonyl (C=O) groups excluding carboxylic acids is 2. The minimum Gasteiger partial charge on any atom is -0.550 e. The zero-order valence-corrected chi connectivity index (χ0v) is 14.9. The number of carbonyl (C=O) groups is 2. The van der Waals surface area contributed by atoms with Crippen molar-refractivity contribution in [1.82, 2.24) is 0 Å². The molecule has 0 spiro atoms. The first-order chi connectivity index (χ1) is 10.1. The highest BCUT2D eigenvalue weighted by Gasteiger charge is 2.22. The van der Waals surface area contributed by atoms with Gasteiger partial charge in [-0.25, -0.2) is 0 Å². The molecule has 2 unspecified atom stereocenters. The van der Waals surface area contributed by atoms with Crippen LogP contribution in [0, 0.1) is 5.92 Å². The number of hydrogen-bond acceptors (Lipinski definition) is 4. The van der Waals surface area contributed by atoms with Gasteiger partial charge in [-0.1, -0.05) is 39.5 Å². The fraction of sp³-hybridized carbons (Fsp3) is 0.882.